The van der Waals surface area contributed by atoms with E-state index in [1.807, 2.05) is 48.5 Å². The number of hydrogen-bond donors (Lipinski definition) is 2. The van der Waals surface area contributed by atoms with Gasteiger partial charge in [-0.15, -0.1) is 0 Å². The molecule has 3 nitrogen and oxygen atoms in total. The van der Waals surface area contributed by atoms with Crippen molar-refractivity contribution < 1.29 is 4.79 Å². The van der Waals surface area contributed by atoms with Crippen LogP contribution in [0.4, 0.5) is 5.69 Å². The normalized spacial score (nSPS) is 10.8. The SMILES string of the molecule is CC(C)c1ccccc1NC(=S)NC(=O)c1cccc2c(Cl)cccc12. The Kier molecular flexibility index (Phi) is 5.55. The van der Waals surface area contributed by atoms with Crippen molar-refractivity contribution in [2.75, 3.05) is 5.32 Å². The van der Waals surface area contributed by atoms with Gasteiger partial charge in [0.1, 0.15) is 0 Å². The highest BCUT2D eigenvalue weighted by Gasteiger charge is 2.14. The van der Waals surface area contributed by atoms with Gasteiger partial charge >= 0.3 is 0 Å². The predicted octanol–water partition coefficient (Wildman–Crippen LogP) is 5.74. The second-order valence-electron chi connectivity index (χ2n) is 6.29. The largest absolute Gasteiger partial charge is 0.332 e. The third-order valence-corrected chi connectivity index (χ3v) is 4.71. The lowest BCUT2D eigenvalue weighted by Crippen LogP contribution is -2.34. The molecule has 3 aromatic rings. The van der Waals surface area contributed by atoms with E-state index in [1.165, 1.54) is 0 Å². The Morgan fingerprint density at radius 3 is 2.42 bits per heavy atom. The molecule has 0 aromatic heterocycles. The van der Waals surface area contributed by atoms with Gasteiger partial charge in [-0.05, 0) is 47.3 Å². The van der Waals surface area contributed by atoms with Gasteiger partial charge in [-0.1, -0.05) is 67.9 Å². The van der Waals surface area contributed by atoms with E-state index in [1.54, 1.807) is 12.1 Å². The highest BCUT2D eigenvalue weighted by Crippen LogP contribution is 2.26. The number of thiocarbonyl (C=S) groups is 1. The van der Waals surface area contributed by atoms with Gasteiger partial charge in [0.2, 0.25) is 0 Å². The molecule has 0 aliphatic carbocycles. The van der Waals surface area contributed by atoms with Gasteiger partial charge in [0.15, 0.2) is 5.11 Å². The van der Waals surface area contributed by atoms with E-state index >= 15 is 0 Å². The lowest BCUT2D eigenvalue weighted by atomic mass is 10.0. The van der Waals surface area contributed by atoms with E-state index in [0.29, 0.717) is 16.5 Å². The smallest absolute Gasteiger partial charge is 0.258 e. The third-order valence-electron chi connectivity index (χ3n) is 4.17. The van der Waals surface area contributed by atoms with E-state index < -0.39 is 0 Å². The number of benzene rings is 3. The maximum atomic E-state index is 12.7. The maximum Gasteiger partial charge on any atom is 0.258 e. The molecule has 26 heavy (non-hydrogen) atoms. The molecule has 0 unspecified atom stereocenters. The van der Waals surface area contributed by atoms with Crippen LogP contribution < -0.4 is 10.6 Å². The zero-order valence-corrected chi connectivity index (χ0v) is 16.1. The van der Waals surface area contributed by atoms with Crippen LogP contribution in [0.15, 0.2) is 60.7 Å². The molecular formula is C21H19ClN2OS. The highest BCUT2D eigenvalue weighted by atomic mass is 35.5. The average Bonchev–Trinajstić information content (AvgIpc) is 2.61. The zero-order valence-electron chi connectivity index (χ0n) is 14.5. The van der Waals surface area contributed by atoms with E-state index in [-0.39, 0.29) is 11.0 Å². The fourth-order valence-electron chi connectivity index (χ4n) is 2.91. The summed E-state index contributed by atoms with van der Waals surface area (Å²) in [6, 6.07) is 18.9. The molecule has 0 aliphatic heterocycles. The highest BCUT2D eigenvalue weighted by molar-refractivity contribution is 7.80. The van der Waals surface area contributed by atoms with Crippen molar-refractivity contribution in [2.24, 2.45) is 0 Å². The van der Waals surface area contributed by atoms with Crippen molar-refractivity contribution in [3.8, 4) is 0 Å². The molecule has 5 heteroatoms. The Bertz CT molecular complexity index is 985. The van der Waals surface area contributed by atoms with Crippen LogP contribution >= 0.6 is 23.8 Å². The maximum absolute atomic E-state index is 12.7. The minimum absolute atomic E-state index is 0.266. The van der Waals surface area contributed by atoms with Crippen molar-refractivity contribution in [3.63, 3.8) is 0 Å². The molecule has 0 saturated heterocycles. The first-order valence-corrected chi connectivity index (χ1v) is 9.14. The molecule has 1 amide bonds. The molecule has 2 N–H and O–H groups in total. The second-order valence-corrected chi connectivity index (χ2v) is 7.11. The standard InChI is InChI=1S/C21H19ClN2OS/c1-13(2)14-7-3-4-12-19(14)23-21(26)24-20(25)17-10-5-9-16-15(17)8-6-11-18(16)22/h3-13H,1-2H3,(H2,23,24,25,26). The summed E-state index contributed by atoms with van der Waals surface area (Å²) in [5, 5.41) is 8.40. The number of rotatable bonds is 3. The molecule has 3 rings (SSSR count). The molecule has 0 saturated carbocycles. The molecule has 0 radical (unpaired) electrons. The topological polar surface area (TPSA) is 41.1 Å². The van der Waals surface area contributed by atoms with Gasteiger partial charge in [0.05, 0.1) is 0 Å². The van der Waals surface area contributed by atoms with Crippen molar-refractivity contribution in [3.05, 3.63) is 76.8 Å². The molecule has 3 aromatic carbocycles. The number of carbonyl (C=O) groups is 1. The molecule has 0 spiro atoms. The first-order chi connectivity index (χ1) is 12.5. The number of carbonyl (C=O) groups excluding carboxylic acids is 1. The number of amides is 1. The lowest BCUT2D eigenvalue weighted by molar-refractivity contribution is 0.0979. The summed E-state index contributed by atoms with van der Waals surface area (Å²) in [5.41, 5.74) is 2.57. The fraction of sp³-hybridized carbons (Fsp3) is 0.143. The van der Waals surface area contributed by atoms with Crippen molar-refractivity contribution in [1.82, 2.24) is 5.32 Å². The number of nitrogens with one attached hydrogen (secondary N) is 2. The van der Waals surface area contributed by atoms with Crippen molar-refractivity contribution >= 4 is 51.3 Å². The molecule has 0 aliphatic rings. The summed E-state index contributed by atoms with van der Waals surface area (Å²) >= 11 is 11.6. The van der Waals surface area contributed by atoms with Crippen LogP contribution in [-0.2, 0) is 0 Å². The van der Waals surface area contributed by atoms with E-state index in [0.717, 1.165) is 22.0 Å². The summed E-state index contributed by atoms with van der Waals surface area (Å²) in [5.74, 6) is 0.0785. The molecule has 0 heterocycles. The Morgan fingerprint density at radius 1 is 0.962 bits per heavy atom. The summed E-state index contributed by atoms with van der Waals surface area (Å²) in [7, 11) is 0. The summed E-state index contributed by atoms with van der Waals surface area (Å²) < 4.78 is 0. The number of para-hydroxylation sites is 1. The van der Waals surface area contributed by atoms with E-state index in [4.69, 9.17) is 23.8 Å². The quantitative estimate of drug-likeness (QED) is 0.567. The summed E-state index contributed by atoms with van der Waals surface area (Å²) in [4.78, 5) is 12.7. The van der Waals surface area contributed by atoms with Crippen LogP contribution in [0.3, 0.4) is 0 Å². The van der Waals surface area contributed by atoms with Crippen LogP contribution in [0, 0.1) is 0 Å². The van der Waals surface area contributed by atoms with Crippen LogP contribution in [0.5, 0.6) is 0 Å². The second kappa shape index (κ2) is 7.85. The Balaban J connectivity index is 1.81. The summed E-state index contributed by atoms with van der Waals surface area (Å²) in [6.45, 7) is 4.23. The molecule has 0 fully saturated rings. The Morgan fingerprint density at radius 2 is 1.65 bits per heavy atom. The number of halogens is 1. The lowest BCUT2D eigenvalue weighted by Gasteiger charge is -2.16. The van der Waals surface area contributed by atoms with Gasteiger partial charge in [-0.3, -0.25) is 10.1 Å². The van der Waals surface area contributed by atoms with Crippen LogP contribution in [0.1, 0.15) is 35.7 Å². The van der Waals surface area contributed by atoms with Crippen molar-refractivity contribution in [2.45, 2.75) is 19.8 Å². The summed E-state index contributed by atoms with van der Waals surface area (Å²) in [6.07, 6.45) is 0. The van der Waals surface area contributed by atoms with Gasteiger partial charge in [0, 0.05) is 21.7 Å². The van der Waals surface area contributed by atoms with Crippen molar-refractivity contribution in [1.29, 1.82) is 0 Å². The van der Waals surface area contributed by atoms with Crippen LogP contribution in [0.25, 0.3) is 10.8 Å². The van der Waals surface area contributed by atoms with Gasteiger partial charge in [0.25, 0.3) is 5.91 Å². The number of hydrogen-bond acceptors (Lipinski definition) is 2. The number of anilines is 1. The molecular weight excluding hydrogens is 364 g/mol. The Labute approximate surface area is 163 Å². The third kappa shape index (κ3) is 3.87. The van der Waals surface area contributed by atoms with Gasteiger partial charge in [-0.2, -0.15) is 0 Å². The molecule has 0 bridgehead atoms. The minimum Gasteiger partial charge on any atom is -0.332 e. The number of fused-ring (bicyclic) bond motifs is 1. The van der Waals surface area contributed by atoms with Gasteiger partial charge < -0.3 is 5.32 Å². The molecule has 132 valence electrons. The monoisotopic (exact) mass is 382 g/mol. The molecule has 0 atom stereocenters. The zero-order chi connectivity index (χ0) is 18.7. The van der Waals surface area contributed by atoms with E-state index in [9.17, 15) is 4.79 Å². The average molecular weight is 383 g/mol. The van der Waals surface area contributed by atoms with Gasteiger partial charge in [-0.25, -0.2) is 0 Å². The predicted molar refractivity (Wildman–Crippen MR) is 113 cm³/mol. The first-order valence-electron chi connectivity index (χ1n) is 8.36. The van der Waals surface area contributed by atoms with Crippen LogP contribution in [-0.4, -0.2) is 11.0 Å². The fourth-order valence-corrected chi connectivity index (χ4v) is 3.35. The minimum atomic E-state index is -0.266. The van der Waals surface area contributed by atoms with Crippen LogP contribution in [0.2, 0.25) is 5.02 Å². The Hall–Kier alpha value is -2.43. The van der Waals surface area contributed by atoms with E-state index in [2.05, 4.69) is 24.5 Å². The first kappa shape index (κ1) is 18.4.